The van der Waals surface area contributed by atoms with Crippen molar-refractivity contribution in [2.24, 2.45) is 0 Å². The molecule has 1 N–H and O–H groups in total. The van der Waals surface area contributed by atoms with E-state index in [2.05, 4.69) is 58.1 Å². The minimum atomic E-state index is 0.0846. The van der Waals surface area contributed by atoms with E-state index in [0.717, 1.165) is 18.1 Å². The molecule has 0 spiro atoms. The van der Waals surface area contributed by atoms with Gasteiger partial charge >= 0.3 is 0 Å². The summed E-state index contributed by atoms with van der Waals surface area (Å²) < 4.78 is 0. The second-order valence-electron chi connectivity index (χ2n) is 7.53. The fourth-order valence-corrected chi connectivity index (χ4v) is 2.63. The third-order valence-corrected chi connectivity index (χ3v) is 4.44. The number of hydrogen-bond donors (Lipinski definition) is 1. The van der Waals surface area contributed by atoms with Gasteiger partial charge in [-0.15, -0.1) is 0 Å². The standard InChI is InChI=1S/C19H26N2/c1-12-8-16-14(11-20-15-6-7-15)10-18(19(3,4)5)21-17(16)9-13(12)2/h8-10,15,20H,6-7,11H2,1-5H3. The molecule has 21 heavy (non-hydrogen) atoms. The smallest absolute Gasteiger partial charge is 0.0711 e. The van der Waals surface area contributed by atoms with E-state index >= 15 is 0 Å². The largest absolute Gasteiger partial charge is 0.310 e. The van der Waals surface area contributed by atoms with Gasteiger partial charge in [-0.2, -0.15) is 0 Å². The first-order valence-electron chi connectivity index (χ1n) is 7.99. The molecule has 0 unspecified atom stereocenters. The van der Waals surface area contributed by atoms with Crippen molar-refractivity contribution in [3.8, 4) is 0 Å². The molecule has 1 aliphatic carbocycles. The molecule has 3 rings (SSSR count). The average Bonchev–Trinajstić information content (AvgIpc) is 3.20. The van der Waals surface area contributed by atoms with Crippen molar-refractivity contribution in [2.75, 3.05) is 0 Å². The summed E-state index contributed by atoms with van der Waals surface area (Å²) in [6.45, 7) is 12.0. The van der Waals surface area contributed by atoms with Gasteiger partial charge in [0.15, 0.2) is 0 Å². The minimum absolute atomic E-state index is 0.0846. The number of aromatic nitrogens is 1. The van der Waals surface area contributed by atoms with E-state index in [9.17, 15) is 0 Å². The summed E-state index contributed by atoms with van der Waals surface area (Å²) in [7, 11) is 0. The highest BCUT2D eigenvalue weighted by atomic mass is 14.9. The maximum atomic E-state index is 4.92. The van der Waals surface area contributed by atoms with Gasteiger partial charge in [-0.1, -0.05) is 20.8 Å². The van der Waals surface area contributed by atoms with Crippen LogP contribution in [0.25, 0.3) is 10.9 Å². The van der Waals surface area contributed by atoms with Crippen LogP contribution in [-0.2, 0) is 12.0 Å². The maximum Gasteiger partial charge on any atom is 0.0711 e. The van der Waals surface area contributed by atoms with Gasteiger partial charge in [0.1, 0.15) is 0 Å². The van der Waals surface area contributed by atoms with Crippen molar-refractivity contribution in [1.29, 1.82) is 0 Å². The molecule has 1 heterocycles. The minimum Gasteiger partial charge on any atom is -0.310 e. The monoisotopic (exact) mass is 282 g/mol. The van der Waals surface area contributed by atoms with E-state index in [4.69, 9.17) is 4.98 Å². The molecule has 0 atom stereocenters. The molecule has 1 fully saturated rings. The molecule has 0 bridgehead atoms. The zero-order valence-corrected chi connectivity index (χ0v) is 13.9. The van der Waals surface area contributed by atoms with Crippen molar-refractivity contribution in [2.45, 2.75) is 65.5 Å². The number of nitrogens with one attached hydrogen (secondary N) is 1. The number of fused-ring (bicyclic) bond motifs is 1. The summed E-state index contributed by atoms with van der Waals surface area (Å²) in [4.78, 5) is 4.92. The fourth-order valence-electron chi connectivity index (χ4n) is 2.63. The van der Waals surface area contributed by atoms with Gasteiger partial charge in [0.05, 0.1) is 5.52 Å². The number of aryl methyl sites for hydroxylation is 2. The lowest BCUT2D eigenvalue weighted by molar-refractivity contribution is 0.569. The van der Waals surface area contributed by atoms with Crippen LogP contribution in [-0.4, -0.2) is 11.0 Å². The Morgan fingerprint density at radius 1 is 1.10 bits per heavy atom. The van der Waals surface area contributed by atoms with Crippen LogP contribution in [0.3, 0.4) is 0 Å². The Morgan fingerprint density at radius 2 is 1.76 bits per heavy atom. The summed E-state index contributed by atoms with van der Waals surface area (Å²) in [5.41, 5.74) is 6.47. The molecule has 2 nitrogen and oxygen atoms in total. The number of pyridine rings is 1. The Morgan fingerprint density at radius 3 is 2.38 bits per heavy atom. The number of rotatable bonds is 3. The Kier molecular flexibility index (Phi) is 3.53. The molecule has 1 aliphatic rings. The molecule has 0 saturated heterocycles. The Bertz CT molecular complexity index is 676. The van der Waals surface area contributed by atoms with Crippen molar-refractivity contribution < 1.29 is 0 Å². The molecule has 2 aromatic rings. The van der Waals surface area contributed by atoms with E-state index in [1.807, 2.05) is 0 Å². The summed E-state index contributed by atoms with van der Waals surface area (Å²) in [5.74, 6) is 0. The van der Waals surface area contributed by atoms with Gasteiger partial charge in [-0.25, -0.2) is 0 Å². The predicted molar refractivity (Wildman–Crippen MR) is 89.8 cm³/mol. The highest BCUT2D eigenvalue weighted by Gasteiger charge is 2.22. The molecule has 0 amide bonds. The highest BCUT2D eigenvalue weighted by Crippen LogP contribution is 2.29. The van der Waals surface area contributed by atoms with Crippen molar-refractivity contribution in [1.82, 2.24) is 10.3 Å². The number of hydrogen-bond acceptors (Lipinski definition) is 2. The SMILES string of the molecule is Cc1cc2nc(C(C)(C)C)cc(CNC3CC3)c2cc1C. The van der Waals surface area contributed by atoms with Crippen LogP contribution in [0.2, 0.25) is 0 Å². The van der Waals surface area contributed by atoms with Gasteiger partial charge in [0, 0.05) is 29.1 Å². The Labute approximate surface area is 128 Å². The quantitative estimate of drug-likeness (QED) is 0.902. The van der Waals surface area contributed by atoms with Crippen LogP contribution in [0.1, 0.15) is 56.0 Å². The highest BCUT2D eigenvalue weighted by molar-refractivity contribution is 5.84. The Balaban J connectivity index is 2.12. The summed E-state index contributed by atoms with van der Waals surface area (Å²) in [5, 5.41) is 4.95. The summed E-state index contributed by atoms with van der Waals surface area (Å²) >= 11 is 0. The Hall–Kier alpha value is -1.41. The number of benzene rings is 1. The molecule has 112 valence electrons. The van der Waals surface area contributed by atoms with Gasteiger partial charge in [-0.3, -0.25) is 4.98 Å². The van der Waals surface area contributed by atoms with Crippen molar-refractivity contribution in [3.05, 3.63) is 40.6 Å². The van der Waals surface area contributed by atoms with Gasteiger partial charge < -0.3 is 5.32 Å². The first-order chi connectivity index (χ1) is 9.84. The molecule has 0 aliphatic heterocycles. The third-order valence-electron chi connectivity index (χ3n) is 4.44. The number of nitrogens with zero attached hydrogens (tertiary/aromatic N) is 1. The second kappa shape index (κ2) is 5.10. The van der Waals surface area contributed by atoms with E-state index < -0.39 is 0 Å². The zero-order chi connectivity index (χ0) is 15.2. The summed E-state index contributed by atoms with van der Waals surface area (Å²) in [6.07, 6.45) is 2.65. The van der Waals surface area contributed by atoms with Crippen LogP contribution in [0, 0.1) is 13.8 Å². The molecule has 1 aromatic carbocycles. The molecule has 1 saturated carbocycles. The van der Waals surface area contributed by atoms with Crippen LogP contribution < -0.4 is 5.32 Å². The molecule has 0 radical (unpaired) electrons. The van der Waals surface area contributed by atoms with Crippen LogP contribution in [0.15, 0.2) is 18.2 Å². The normalized spacial score (nSPS) is 15.7. The predicted octanol–water partition coefficient (Wildman–Crippen LogP) is 4.40. The fraction of sp³-hybridized carbons (Fsp3) is 0.526. The lowest BCUT2D eigenvalue weighted by atomic mass is 9.89. The molecule has 1 aromatic heterocycles. The van der Waals surface area contributed by atoms with Crippen LogP contribution >= 0.6 is 0 Å². The second-order valence-corrected chi connectivity index (χ2v) is 7.53. The lowest BCUT2D eigenvalue weighted by Gasteiger charge is -2.21. The van der Waals surface area contributed by atoms with E-state index in [0.29, 0.717) is 0 Å². The maximum absolute atomic E-state index is 4.92. The topological polar surface area (TPSA) is 24.9 Å². The zero-order valence-electron chi connectivity index (χ0n) is 13.9. The first-order valence-corrected chi connectivity index (χ1v) is 7.99. The van der Waals surface area contributed by atoms with Gasteiger partial charge in [-0.05, 0) is 61.6 Å². The van der Waals surface area contributed by atoms with E-state index in [1.165, 1.54) is 40.6 Å². The molecular formula is C19H26N2. The van der Waals surface area contributed by atoms with Crippen LogP contribution in [0.5, 0.6) is 0 Å². The van der Waals surface area contributed by atoms with Crippen molar-refractivity contribution >= 4 is 10.9 Å². The molecular weight excluding hydrogens is 256 g/mol. The van der Waals surface area contributed by atoms with E-state index in [-0.39, 0.29) is 5.41 Å². The van der Waals surface area contributed by atoms with E-state index in [1.54, 1.807) is 0 Å². The summed E-state index contributed by atoms with van der Waals surface area (Å²) in [6, 6.07) is 7.57. The molecule has 2 heteroatoms. The lowest BCUT2D eigenvalue weighted by Crippen LogP contribution is -2.18. The average molecular weight is 282 g/mol. The van der Waals surface area contributed by atoms with Crippen molar-refractivity contribution in [3.63, 3.8) is 0 Å². The third kappa shape index (κ3) is 3.11. The van der Waals surface area contributed by atoms with Crippen LogP contribution in [0.4, 0.5) is 0 Å². The van der Waals surface area contributed by atoms with Gasteiger partial charge in [0.25, 0.3) is 0 Å². The first kappa shape index (κ1) is 14.5. The van der Waals surface area contributed by atoms with Gasteiger partial charge in [0.2, 0.25) is 0 Å².